The van der Waals surface area contributed by atoms with Crippen LogP contribution in [0.25, 0.3) is 0 Å². The zero-order chi connectivity index (χ0) is 14.3. The third-order valence-electron chi connectivity index (χ3n) is 4.53. The molecule has 1 amide bonds. The number of amides is 1. The van der Waals surface area contributed by atoms with Gasteiger partial charge in [-0.1, -0.05) is 25.1 Å². The van der Waals surface area contributed by atoms with Gasteiger partial charge in [-0.15, -0.1) is 0 Å². The number of carbonyl (C=O) groups excluding carboxylic acids is 1. The molecule has 0 bridgehead atoms. The summed E-state index contributed by atoms with van der Waals surface area (Å²) in [6.07, 6.45) is 1.68. The van der Waals surface area contributed by atoms with E-state index in [1.54, 1.807) is 0 Å². The molecule has 1 atom stereocenters. The van der Waals surface area contributed by atoms with E-state index in [4.69, 9.17) is 0 Å². The lowest BCUT2D eigenvalue weighted by molar-refractivity contribution is -0.131. The Morgan fingerprint density at radius 3 is 2.80 bits per heavy atom. The smallest absolute Gasteiger partial charge is 0.241 e. The second kappa shape index (κ2) is 4.86. The molecule has 3 rings (SSSR count). The molecule has 4 heteroatoms. The van der Waals surface area contributed by atoms with Crippen molar-refractivity contribution in [2.75, 3.05) is 24.5 Å². The molecule has 2 aliphatic rings. The molecule has 0 spiro atoms. The molecule has 1 fully saturated rings. The summed E-state index contributed by atoms with van der Waals surface area (Å²) in [5.74, 6) is 0.139. The molecule has 1 aromatic carbocycles. The SMILES string of the molecule is CCC1(O)CN(CC(=O)N2c3ccccc3CC2C)C1. The van der Waals surface area contributed by atoms with E-state index in [1.807, 2.05) is 34.9 Å². The average molecular weight is 274 g/mol. The molecule has 0 saturated carbocycles. The van der Waals surface area contributed by atoms with Gasteiger partial charge in [0.2, 0.25) is 5.91 Å². The van der Waals surface area contributed by atoms with Crippen molar-refractivity contribution >= 4 is 11.6 Å². The molecular weight excluding hydrogens is 252 g/mol. The topological polar surface area (TPSA) is 43.8 Å². The molecule has 20 heavy (non-hydrogen) atoms. The molecule has 1 saturated heterocycles. The summed E-state index contributed by atoms with van der Waals surface area (Å²) in [5, 5.41) is 10.0. The van der Waals surface area contributed by atoms with E-state index in [2.05, 4.69) is 13.0 Å². The number of hydrogen-bond acceptors (Lipinski definition) is 3. The predicted octanol–water partition coefficient (Wildman–Crippen LogP) is 1.42. The van der Waals surface area contributed by atoms with Gasteiger partial charge >= 0.3 is 0 Å². The predicted molar refractivity (Wildman–Crippen MR) is 78.8 cm³/mol. The van der Waals surface area contributed by atoms with Crippen molar-refractivity contribution in [2.45, 2.75) is 38.3 Å². The number of nitrogens with zero attached hydrogens (tertiary/aromatic N) is 2. The minimum absolute atomic E-state index is 0.139. The Morgan fingerprint density at radius 1 is 1.40 bits per heavy atom. The maximum absolute atomic E-state index is 12.5. The van der Waals surface area contributed by atoms with Gasteiger partial charge in [-0.2, -0.15) is 0 Å². The summed E-state index contributed by atoms with van der Waals surface area (Å²) in [6.45, 7) is 5.70. The van der Waals surface area contributed by atoms with Crippen molar-refractivity contribution in [3.05, 3.63) is 29.8 Å². The summed E-state index contributed by atoms with van der Waals surface area (Å²) in [6, 6.07) is 8.35. The first kappa shape index (κ1) is 13.6. The number of fused-ring (bicyclic) bond motifs is 1. The zero-order valence-electron chi connectivity index (χ0n) is 12.2. The van der Waals surface area contributed by atoms with E-state index < -0.39 is 5.60 Å². The monoisotopic (exact) mass is 274 g/mol. The van der Waals surface area contributed by atoms with Gasteiger partial charge in [-0.3, -0.25) is 9.69 Å². The Labute approximate surface area is 120 Å². The largest absolute Gasteiger partial charge is 0.387 e. The fourth-order valence-electron chi connectivity index (χ4n) is 3.33. The highest BCUT2D eigenvalue weighted by molar-refractivity contribution is 5.97. The Bertz CT molecular complexity index is 523. The molecule has 2 heterocycles. The van der Waals surface area contributed by atoms with Crippen LogP contribution in [0.1, 0.15) is 25.8 Å². The van der Waals surface area contributed by atoms with Crippen molar-refractivity contribution in [1.29, 1.82) is 0 Å². The van der Waals surface area contributed by atoms with Crippen LogP contribution in [0.3, 0.4) is 0 Å². The van der Waals surface area contributed by atoms with Crippen molar-refractivity contribution in [2.24, 2.45) is 0 Å². The van der Waals surface area contributed by atoms with Crippen LogP contribution in [0, 0.1) is 0 Å². The normalized spacial score (nSPS) is 24.4. The van der Waals surface area contributed by atoms with Crippen molar-refractivity contribution in [3.8, 4) is 0 Å². The molecule has 108 valence electrons. The lowest BCUT2D eigenvalue weighted by Gasteiger charge is -2.46. The van der Waals surface area contributed by atoms with E-state index >= 15 is 0 Å². The van der Waals surface area contributed by atoms with Crippen LogP contribution in [-0.2, 0) is 11.2 Å². The van der Waals surface area contributed by atoms with Crippen LogP contribution in [0.2, 0.25) is 0 Å². The molecule has 0 aromatic heterocycles. The first-order valence-electron chi connectivity index (χ1n) is 7.37. The molecule has 4 nitrogen and oxygen atoms in total. The highest BCUT2D eigenvalue weighted by Gasteiger charge is 2.41. The van der Waals surface area contributed by atoms with Gasteiger partial charge in [0, 0.05) is 24.8 Å². The first-order valence-corrected chi connectivity index (χ1v) is 7.37. The van der Waals surface area contributed by atoms with E-state index in [1.165, 1.54) is 5.56 Å². The molecular formula is C16H22N2O2. The summed E-state index contributed by atoms with van der Waals surface area (Å²) < 4.78 is 0. The average Bonchev–Trinajstić information content (AvgIpc) is 2.72. The van der Waals surface area contributed by atoms with Crippen LogP contribution >= 0.6 is 0 Å². The van der Waals surface area contributed by atoms with Crippen LogP contribution in [-0.4, -0.2) is 47.2 Å². The number of hydrogen-bond donors (Lipinski definition) is 1. The molecule has 0 aliphatic carbocycles. The Morgan fingerprint density at radius 2 is 2.10 bits per heavy atom. The minimum atomic E-state index is -0.575. The van der Waals surface area contributed by atoms with Crippen LogP contribution < -0.4 is 4.90 Å². The number of likely N-dealkylation sites (tertiary alicyclic amines) is 1. The van der Waals surface area contributed by atoms with Crippen molar-refractivity contribution < 1.29 is 9.90 Å². The Hall–Kier alpha value is -1.39. The number of para-hydroxylation sites is 1. The number of rotatable bonds is 3. The second-order valence-corrected chi connectivity index (χ2v) is 6.17. The van der Waals surface area contributed by atoms with Crippen LogP contribution in [0.4, 0.5) is 5.69 Å². The number of anilines is 1. The molecule has 2 aliphatic heterocycles. The van der Waals surface area contributed by atoms with Gasteiger partial charge in [0.05, 0.1) is 12.1 Å². The van der Waals surface area contributed by atoms with Crippen LogP contribution in [0.15, 0.2) is 24.3 Å². The van der Waals surface area contributed by atoms with Gasteiger partial charge in [-0.25, -0.2) is 0 Å². The van der Waals surface area contributed by atoms with Gasteiger partial charge in [0.25, 0.3) is 0 Å². The fourth-order valence-corrected chi connectivity index (χ4v) is 3.33. The quantitative estimate of drug-likeness (QED) is 0.906. The van der Waals surface area contributed by atoms with Crippen molar-refractivity contribution in [1.82, 2.24) is 4.90 Å². The van der Waals surface area contributed by atoms with Gasteiger partial charge in [0.15, 0.2) is 0 Å². The second-order valence-electron chi connectivity index (χ2n) is 6.17. The van der Waals surface area contributed by atoms with E-state index in [9.17, 15) is 9.90 Å². The molecule has 1 N–H and O–H groups in total. The summed E-state index contributed by atoms with van der Waals surface area (Å²) in [5.41, 5.74) is 1.73. The molecule has 0 radical (unpaired) electrons. The Kier molecular flexibility index (Phi) is 3.30. The van der Waals surface area contributed by atoms with E-state index in [-0.39, 0.29) is 11.9 Å². The molecule has 1 unspecified atom stereocenters. The van der Waals surface area contributed by atoms with Gasteiger partial charge < -0.3 is 10.0 Å². The third-order valence-corrected chi connectivity index (χ3v) is 4.53. The van der Waals surface area contributed by atoms with E-state index in [0.717, 1.165) is 18.5 Å². The van der Waals surface area contributed by atoms with Crippen molar-refractivity contribution in [3.63, 3.8) is 0 Å². The summed E-state index contributed by atoms with van der Waals surface area (Å²) in [7, 11) is 0. The number of carbonyl (C=O) groups is 1. The van der Waals surface area contributed by atoms with E-state index in [0.29, 0.717) is 19.6 Å². The lowest BCUT2D eigenvalue weighted by Crippen LogP contribution is -2.63. The number of β-amino-alcohol motifs (C(OH)–C–C–N with tert-alkyl or cyclic N) is 1. The fraction of sp³-hybridized carbons (Fsp3) is 0.562. The summed E-state index contributed by atoms with van der Waals surface area (Å²) in [4.78, 5) is 16.5. The van der Waals surface area contributed by atoms with Gasteiger partial charge in [0.1, 0.15) is 0 Å². The zero-order valence-corrected chi connectivity index (χ0v) is 12.2. The minimum Gasteiger partial charge on any atom is -0.387 e. The highest BCUT2D eigenvalue weighted by Crippen LogP contribution is 2.32. The standard InChI is InChI=1S/C16H22N2O2/c1-3-16(20)10-17(11-16)9-15(19)18-12(2)8-13-6-4-5-7-14(13)18/h4-7,12,20H,3,8-11H2,1-2H3. The number of benzene rings is 1. The van der Waals surface area contributed by atoms with Gasteiger partial charge in [-0.05, 0) is 31.4 Å². The highest BCUT2D eigenvalue weighted by atomic mass is 16.3. The lowest BCUT2D eigenvalue weighted by atomic mass is 9.91. The number of aliphatic hydroxyl groups is 1. The van der Waals surface area contributed by atoms with Crippen LogP contribution in [0.5, 0.6) is 0 Å². The maximum Gasteiger partial charge on any atom is 0.241 e. The molecule has 1 aromatic rings. The Balaban J connectivity index is 1.67. The third kappa shape index (κ3) is 2.23. The summed E-state index contributed by atoms with van der Waals surface area (Å²) >= 11 is 0. The maximum atomic E-state index is 12.5. The first-order chi connectivity index (χ1) is 9.52.